The Morgan fingerprint density at radius 1 is 1.26 bits per heavy atom. The topological polar surface area (TPSA) is 30.9 Å². The molecule has 2 rings (SSSR count). The number of rotatable bonds is 3. The smallest absolute Gasteiger partial charge is 0.193 e. The van der Waals surface area contributed by atoms with E-state index in [4.69, 9.17) is 0 Å². The van der Waals surface area contributed by atoms with Gasteiger partial charge in [-0.05, 0) is 32.1 Å². The second kappa shape index (κ2) is 5.70. The van der Waals surface area contributed by atoms with Gasteiger partial charge in [-0.15, -0.1) is 0 Å². The van der Waals surface area contributed by atoms with Crippen LogP contribution in [-0.4, -0.2) is 61.1 Å². The fourth-order valence-electron chi connectivity index (χ4n) is 3.29. The molecule has 0 saturated carbocycles. The summed E-state index contributed by atoms with van der Waals surface area (Å²) in [4.78, 5) is 9.36. The fourth-order valence-corrected chi connectivity index (χ4v) is 3.29. The van der Waals surface area contributed by atoms with Gasteiger partial charge >= 0.3 is 0 Å². The highest BCUT2D eigenvalue weighted by atomic mass is 15.3. The van der Waals surface area contributed by atoms with Gasteiger partial charge in [-0.25, -0.2) is 0 Å². The summed E-state index contributed by atoms with van der Waals surface area (Å²) in [6.07, 6.45) is 1.37. The lowest BCUT2D eigenvalue weighted by Gasteiger charge is -2.45. The fraction of sp³-hybridized carbons (Fsp3) is 0.933. The SMILES string of the molecule is CC1CC(C)CN(C(C)(C)CNC2=NCCN2C)C1. The Balaban J connectivity index is 1.90. The van der Waals surface area contributed by atoms with E-state index in [-0.39, 0.29) is 5.54 Å². The average Bonchev–Trinajstić information content (AvgIpc) is 2.71. The molecule has 0 aromatic carbocycles. The van der Waals surface area contributed by atoms with Crippen molar-refractivity contribution in [2.24, 2.45) is 16.8 Å². The van der Waals surface area contributed by atoms with Gasteiger partial charge in [0, 0.05) is 38.8 Å². The third-order valence-electron chi connectivity index (χ3n) is 4.46. The first-order valence-electron chi connectivity index (χ1n) is 7.63. The zero-order chi connectivity index (χ0) is 14.0. The van der Waals surface area contributed by atoms with E-state index in [1.165, 1.54) is 19.5 Å². The normalized spacial score (nSPS) is 29.5. The molecule has 0 aliphatic carbocycles. The average molecular weight is 266 g/mol. The van der Waals surface area contributed by atoms with E-state index >= 15 is 0 Å². The highest BCUT2D eigenvalue weighted by Gasteiger charge is 2.33. The van der Waals surface area contributed by atoms with Gasteiger partial charge in [0.05, 0.1) is 6.54 Å². The van der Waals surface area contributed by atoms with Gasteiger partial charge in [0.2, 0.25) is 0 Å². The summed E-state index contributed by atoms with van der Waals surface area (Å²) in [5.41, 5.74) is 0.189. The summed E-state index contributed by atoms with van der Waals surface area (Å²) in [6, 6.07) is 0. The number of likely N-dealkylation sites (N-methyl/N-ethyl adjacent to an activating group) is 1. The van der Waals surface area contributed by atoms with Crippen LogP contribution in [0.25, 0.3) is 0 Å². The molecule has 0 aromatic heterocycles. The van der Waals surface area contributed by atoms with Gasteiger partial charge < -0.3 is 10.2 Å². The van der Waals surface area contributed by atoms with Gasteiger partial charge in [-0.1, -0.05) is 13.8 Å². The van der Waals surface area contributed by atoms with Crippen LogP contribution in [0.2, 0.25) is 0 Å². The number of nitrogens with one attached hydrogen (secondary N) is 1. The Morgan fingerprint density at radius 3 is 2.42 bits per heavy atom. The number of hydrogen-bond acceptors (Lipinski definition) is 4. The predicted molar refractivity (Wildman–Crippen MR) is 81.5 cm³/mol. The van der Waals surface area contributed by atoms with E-state index in [1.807, 2.05) is 0 Å². The molecule has 0 aromatic rings. The van der Waals surface area contributed by atoms with E-state index in [1.54, 1.807) is 0 Å². The van der Waals surface area contributed by atoms with Crippen LogP contribution in [0.4, 0.5) is 0 Å². The van der Waals surface area contributed by atoms with Gasteiger partial charge in [-0.2, -0.15) is 0 Å². The Morgan fingerprint density at radius 2 is 1.89 bits per heavy atom. The van der Waals surface area contributed by atoms with Crippen molar-refractivity contribution in [3.05, 3.63) is 0 Å². The molecule has 4 heteroatoms. The third-order valence-corrected chi connectivity index (χ3v) is 4.46. The summed E-state index contributed by atoms with van der Waals surface area (Å²) in [5, 5.41) is 3.53. The van der Waals surface area contributed by atoms with E-state index in [9.17, 15) is 0 Å². The first-order chi connectivity index (χ1) is 8.88. The second-order valence-corrected chi connectivity index (χ2v) is 7.14. The maximum absolute atomic E-state index is 4.51. The maximum atomic E-state index is 4.51. The highest BCUT2D eigenvalue weighted by Crippen LogP contribution is 2.26. The Kier molecular flexibility index (Phi) is 4.39. The number of aliphatic imine (C=N–C) groups is 1. The van der Waals surface area contributed by atoms with Crippen LogP contribution >= 0.6 is 0 Å². The molecule has 2 unspecified atom stereocenters. The van der Waals surface area contributed by atoms with Crippen molar-refractivity contribution < 1.29 is 0 Å². The molecule has 0 radical (unpaired) electrons. The largest absolute Gasteiger partial charge is 0.354 e. The molecule has 4 nitrogen and oxygen atoms in total. The quantitative estimate of drug-likeness (QED) is 0.842. The van der Waals surface area contributed by atoms with E-state index in [0.29, 0.717) is 0 Å². The molecule has 1 N–H and O–H groups in total. The monoisotopic (exact) mass is 266 g/mol. The zero-order valence-corrected chi connectivity index (χ0v) is 13.2. The first-order valence-corrected chi connectivity index (χ1v) is 7.63. The van der Waals surface area contributed by atoms with Crippen molar-refractivity contribution in [3.63, 3.8) is 0 Å². The minimum atomic E-state index is 0.189. The molecule has 110 valence electrons. The van der Waals surface area contributed by atoms with Gasteiger partial charge in [0.15, 0.2) is 5.96 Å². The van der Waals surface area contributed by atoms with Crippen molar-refractivity contribution >= 4 is 5.96 Å². The van der Waals surface area contributed by atoms with Crippen molar-refractivity contribution in [2.75, 3.05) is 39.8 Å². The van der Waals surface area contributed by atoms with Gasteiger partial charge in [-0.3, -0.25) is 9.89 Å². The first kappa shape index (κ1) is 14.6. The zero-order valence-electron chi connectivity index (χ0n) is 13.2. The van der Waals surface area contributed by atoms with Crippen molar-refractivity contribution in [3.8, 4) is 0 Å². The van der Waals surface area contributed by atoms with Crippen molar-refractivity contribution in [2.45, 2.75) is 39.7 Å². The molecule has 2 atom stereocenters. The van der Waals surface area contributed by atoms with Gasteiger partial charge in [0.1, 0.15) is 0 Å². The maximum Gasteiger partial charge on any atom is 0.193 e. The number of nitrogens with zero attached hydrogens (tertiary/aromatic N) is 3. The molecule has 2 aliphatic rings. The van der Waals surface area contributed by atoms with Crippen molar-refractivity contribution in [1.29, 1.82) is 0 Å². The molecule has 2 heterocycles. The van der Waals surface area contributed by atoms with Crippen LogP contribution in [-0.2, 0) is 0 Å². The molecular weight excluding hydrogens is 236 g/mol. The van der Waals surface area contributed by atoms with Crippen molar-refractivity contribution in [1.82, 2.24) is 15.1 Å². The molecule has 0 spiro atoms. The molecule has 2 aliphatic heterocycles. The minimum Gasteiger partial charge on any atom is -0.354 e. The Hall–Kier alpha value is -0.770. The van der Waals surface area contributed by atoms with E-state index < -0.39 is 0 Å². The number of piperidine rings is 1. The van der Waals surface area contributed by atoms with Crippen LogP contribution in [0.1, 0.15) is 34.1 Å². The molecular formula is C15H30N4. The number of hydrogen-bond donors (Lipinski definition) is 1. The standard InChI is InChI=1S/C15H30N4/c1-12-8-13(2)10-19(9-12)15(3,4)11-17-14-16-6-7-18(14)5/h12-13H,6-11H2,1-5H3,(H,16,17). The molecule has 1 saturated heterocycles. The van der Waals surface area contributed by atoms with Gasteiger partial charge in [0.25, 0.3) is 0 Å². The van der Waals surface area contributed by atoms with Crippen LogP contribution in [0, 0.1) is 11.8 Å². The molecule has 19 heavy (non-hydrogen) atoms. The Labute approximate surface area is 118 Å². The molecule has 0 bridgehead atoms. The predicted octanol–water partition coefficient (Wildman–Crippen LogP) is 1.63. The third kappa shape index (κ3) is 3.62. The van der Waals surface area contributed by atoms with Crippen LogP contribution < -0.4 is 5.32 Å². The lowest BCUT2D eigenvalue weighted by molar-refractivity contribution is 0.0481. The van der Waals surface area contributed by atoms with Crippen LogP contribution in [0.5, 0.6) is 0 Å². The summed E-state index contributed by atoms with van der Waals surface area (Å²) < 4.78 is 0. The van der Waals surface area contributed by atoms with Crippen LogP contribution in [0.15, 0.2) is 4.99 Å². The highest BCUT2D eigenvalue weighted by molar-refractivity contribution is 5.81. The summed E-state index contributed by atoms with van der Waals surface area (Å²) in [7, 11) is 2.11. The van der Waals surface area contributed by atoms with E-state index in [2.05, 4.69) is 54.9 Å². The summed E-state index contributed by atoms with van der Waals surface area (Å²) >= 11 is 0. The minimum absolute atomic E-state index is 0.189. The number of guanidine groups is 1. The van der Waals surface area contributed by atoms with Crippen LogP contribution in [0.3, 0.4) is 0 Å². The Bertz CT molecular complexity index is 327. The lowest BCUT2D eigenvalue weighted by Crippen LogP contribution is -2.56. The second-order valence-electron chi connectivity index (χ2n) is 7.14. The van der Waals surface area contributed by atoms with E-state index in [0.717, 1.165) is 37.4 Å². The number of likely N-dealkylation sites (tertiary alicyclic amines) is 1. The molecule has 0 amide bonds. The molecule has 1 fully saturated rings. The lowest BCUT2D eigenvalue weighted by atomic mass is 9.88. The summed E-state index contributed by atoms with van der Waals surface area (Å²) in [6.45, 7) is 14.8. The summed E-state index contributed by atoms with van der Waals surface area (Å²) in [5.74, 6) is 2.69.